The van der Waals surface area contributed by atoms with Crippen LogP contribution in [0.5, 0.6) is 5.75 Å². The van der Waals surface area contributed by atoms with E-state index in [1.807, 2.05) is 17.5 Å². The van der Waals surface area contributed by atoms with E-state index in [9.17, 15) is 9.59 Å². The van der Waals surface area contributed by atoms with Crippen molar-refractivity contribution in [2.45, 2.75) is 0 Å². The number of fused-ring (bicyclic) bond motifs is 1. The molecule has 4 aromatic rings. The Morgan fingerprint density at radius 1 is 1.14 bits per heavy atom. The first-order valence-electron chi connectivity index (χ1n) is 8.25. The second-order valence-corrected chi connectivity index (χ2v) is 7.13. The Morgan fingerprint density at radius 3 is 2.75 bits per heavy atom. The number of nitrogens with one attached hydrogen (secondary N) is 1. The molecule has 2 aromatic carbocycles. The molecule has 8 heteroatoms. The molecule has 0 unspecified atom stereocenters. The van der Waals surface area contributed by atoms with Crippen molar-refractivity contribution < 1.29 is 13.9 Å². The third-order valence-electron chi connectivity index (χ3n) is 3.86. The molecule has 28 heavy (non-hydrogen) atoms. The van der Waals surface area contributed by atoms with Crippen molar-refractivity contribution in [2.24, 2.45) is 0 Å². The number of halogens is 1. The predicted octanol–water partition coefficient (Wildman–Crippen LogP) is 4.59. The van der Waals surface area contributed by atoms with Gasteiger partial charge in [-0.3, -0.25) is 10.1 Å². The number of rotatable bonds is 5. The molecule has 0 atom stereocenters. The number of carbonyl (C=O) groups is 1. The maximum Gasteiger partial charge on any atom is 0.336 e. The zero-order valence-electron chi connectivity index (χ0n) is 14.3. The largest absolute Gasteiger partial charge is 0.484 e. The minimum absolute atomic E-state index is 0.196. The second kappa shape index (κ2) is 7.84. The van der Waals surface area contributed by atoms with Crippen LogP contribution in [0.2, 0.25) is 5.02 Å². The maximum atomic E-state index is 12.1. The van der Waals surface area contributed by atoms with Crippen LogP contribution in [0.1, 0.15) is 0 Å². The van der Waals surface area contributed by atoms with Crippen molar-refractivity contribution in [1.29, 1.82) is 0 Å². The molecule has 0 saturated carbocycles. The first kappa shape index (κ1) is 18.2. The zero-order chi connectivity index (χ0) is 19.5. The zero-order valence-corrected chi connectivity index (χ0v) is 15.9. The van der Waals surface area contributed by atoms with Gasteiger partial charge in [-0.05, 0) is 30.3 Å². The highest BCUT2D eigenvalue weighted by Gasteiger charge is 2.09. The highest BCUT2D eigenvalue weighted by atomic mass is 35.5. The summed E-state index contributed by atoms with van der Waals surface area (Å²) in [6, 6.07) is 15.4. The van der Waals surface area contributed by atoms with Crippen LogP contribution in [0.3, 0.4) is 0 Å². The number of carbonyl (C=O) groups excluding carboxylic acids is 1. The molecule has 6 nitrogen and oxygen atoms in total. The van der Waals surface area contributed by atoms with Crippen molar-refractivity contribution in [3.05, 3.63) is 75.4 Å². The van der Waals surface area contributed by atoms with Crippen molar-refractivity contribution >= 4 is 44.9 Å². The molecule has 0 aliphatic rings. The van der Waals surface area contributed by atoms with Crippen LogP contribution in [-0.2, 0) is 4.79 Å². The Kier molecular flexibility index (Phi) is 5.10. The first-order chi connectivity index (χ1) is 13.6. The number of amides is 1. The molecule has 2 aromatic heterocycles. The van der Waals surface area contributed by atoms with Crippen molar-refractivity contribution in [3.8, 4) is 17.0 Å². The molecule has 0 aliphatic heterocycles. The lowest BCUT2D eigenvalue weighted by molar-refractivity contribution is -0.118. The van der Waals surface area contributed by atoms with Gasteiger partial charge < -0.3 is 9.15 Å². The van der Waals surface area contributed by atoms with Crippen LogP contribution in [0, 0.1) is 0 Å². The van der Waals surface area contributed by atoms with E-state index < -0.39 is 5.63 Å². The van der Waals surface area contributed by atoms with E-state index in [2.05, 4.69) is 10.3 Å². The molecular formula is C20H13ClN2O4S. The molecule has 0 fully saturated rings. The van der Waals surface area contributed by atoms with E-state index in [1.54, 1.807) is 36.4 Å². The molecule has 2 heterocycles. The number of ether oxygens (including phenoxy) is 1. The van der Waals surface area contributed by atoms with Gasteiger partial charge in [-0.15, -0.1) is 11.3 Å². The lowest BCUT2D eigenvalue weighted by atomic mass is 10.2. The molecule has 0 spiro atoms. The molecule has 1 N–H and O–H groups in total. The third kappa shape index (κ3) is 4.21. The quantitative estimate of drug-likeness (QED) is 0.485. The Balaban J connectivity index is 1.38. The van der Waals surface area contributed by atoms with Crippen LogP contribution in [0.15, 0.2) is 69.2 Å². The van der Waals surface area contributed by atoms with Crippen LogP contribution < -0.4 is 15.7 Å². The van der Waals surface area contributed by atoms with Gasteiger partial charge in [-0.1, -0.05) is 23.7 Å². The summed E-state index contributed by atoms with van der Waals surface area (Å²) in [5, 5.41) is 6.45. The third-order valence-corrected chi connectivity index (χ3v) is 4.86. The summed E-state index contributed by atoms with van der Waals surface area (Å²) < 4.78 is 10.6. The van der Waals surface area contributed by atoms with Crippen molar-refractivity contribution in [3.63, 3.8) is 0 Å². The van der Waals surface area contributed by atoms with Crippen molar-refractivity contribution in [2.75, 3.05) is 11.9 Å². The molecule has 0 saturated heterocycles. The van der Waals surface area contributed by atoms with E-state index in [0.29, 0.717) is 21.5 Å². The Morgan fingerprint density at radius 2 is 1.93 bits per heavy atom. The molecule has 1 amide bonds. The minimum atomic E-state index is -0.442. The van der Waals surface area contributed by atoms with E-state index in [4.69, 9.17) is 20.8 Å². The minimum Gasteiger partial charge on any atom is -0.484 e. The molecule has 0 radical (unpaired) electrons. The fourth-order valence-electron chi connectivity index (χ4n) is 2.52. The summed E-state index contributed by atoms with van der Waals surface area (Å²) >= 11 is 7.21. The number of aromatic nitrogens is 1. The predicted molar refractivity (Wildman–Crippen MR) is 109 cm³/mol. The fourth-order valence-corrected chi connectivity index (χ4v) is 3.38. The summed E-state index contributed by atoms with van der Waals surface area (Å²) in [5.41, 5.74) is 1.62. The topological polar surface area (TPSA) is 81.4 Å². The molecule has 0 aliphatic carbocycles. The molecule has 0 bridgehead atoms. The summed E-state index contributed by atoms with van der Waals surface area (Å²) in [7, 11) is 0. The van der Waals surface area contributed by atoms with E-state index >= 15 is 0 Å². The van der Waals surface area contributed by atoms with Gasteiger partial charge in [0.05, 0.1) is 5.69 Å². The van der Waals surface area contributed by atoms with Gasteiger partial charge in [0.25, 0.3) is 5.91 Å². The van der Waals surface area contributed by atoms with Gasteiger partial charge in [0.2, 0.25) is 0 Å². The van der Waals surface area contributed by atoms with Crippen LogP contribution >= 0.6 is 22.9 Å². The van der Waals surface area contributed by atoms with Gasteiger partial charge in [0.1, 0.15) is 11.3 Å². The lowest BCUT2D eigenvalue weighted by Crippen LogP contribution is -2.20. The molecule has 4 rings (SSSR count). The summed E-state index contributed by atoms with van der Waals surface area (Å²) in [5.74, 6) is 0.0876. The second-order valence-electron chi connectivity index (χ2n) is 5.84. The number of hydrogen-bond donors (Lipinski definition) is 1. The van der Waals surface area contributed by atoms with E-state index in [-0.39, 0.29) is 12.5 Å². The normalized spacial score (nSPS) is 10.8. The number of benzene rings is 2. The number of anilines is 1. The fraction of sp³-hybridized carbons (Fsp3) is 0.0500. The van der Waals surface area contributed by atoms with Gasteiger partial charge in [-0.25, -0.2) is 9.78 Å². The van der Waals surface area contributed by atoms with E-state index in [0.717, 1.165) is 16.6 Å². The van der Waals surface area contributed by atoms with Gasteiger partial charge in [0.15, 0.2) is 11.7 Å². The monoisotopic (exact) mass is 412 g/mol. The Hall–Kier alpha value is -3.16. The Labute approximate surface area is 168 Å². The highest BCUT2D eigenvalue weighted by Crippen LogP contribution is 2.26. The first-order valence-corrected chi connectivity index (χ1v) is 9.51. The lowest BCUT2D eigenvalue weighted by Gasteiger charge is -2.06. The summed E-state index contributed by atoms with van der Waals surface area (Å²) in [4.78, 5) is 27.8. The Bertz CT molecular complexity index is 1200. The number of hydrogen-bond acceptors (Lipinski definition) is 6. The molecular weight excluding hydrogens is 400 g/mol. The summed E-state index contributed by atoms with van der Waals surface area (Å²) in [6.07, 6.45) is 0. The van der Waals surface area contributed by atoms with Crippen LogP contribution in [0.4, 0.5) is 5.13 Å². The van der Waals surface area contributed by atoms with Crippen LogP contribution in [0.25, 0.3) is 22.2 Å². The standard InChI is InChI=1S/C20H13ClN2O4S/c21-14-5-1-12(2-6-14)16-11-28-20(22-16)23-18(24)10-26-15-7-3-13-4-8-19(25)27-17(13)9-15/h1-9,11H,10H2,(H,22,23,24). The smallest absolute Gasteiger partial charge is 0.336 e. The van der Waals surface area contributed by atoms with Gasteiger partial charge in [-0.2, -0.15) is 0 Å². The van der Waals surface area contributed by atoms with Crippen LogP contribution in [-0.4, -0.2) is 17.5 Å². The SMILES string of the molecule is O=C(COc1ccc2ccc(=O)oc2c1)Nc1nc(-c2ccc(Cl)cc2)cs1. The van der Waals surface area contributed by atoms with Gasteiger partial charge >= 0.3 is 5.63 Å². The average Bonchev–Trinajstić information content (AvgIpc) is 3.15. The highest BCUT2D eigenvalue weighted by molar-refractivity contribution is 7.14. The summed E-state index contributed by atoms with van der Waals surface area (Å²) in [6.45, 7) is -0.196. The van der Waals surface area contributed by atoms with Crippen molar-refractivity contribution in [1.82, 2.24) is 4.98 Å². The maximum absolute atomic E-state index is 12.1. The van der Waals surface area contributed by atoms with E-state index in [1.165, 1.54) is 17.4 Å². The van der Waals surface area contributed by atoms with Gasteiger partial charge in [0, 0.05) is 33.5 Å². The number of nitrogens with zero attached hydrogens (tertiary/aromatic N) is 1. The number of thiazole rings is 1. The molecule has 140 valence electrons. The average molecular weight is 413 g/mol.